The zero-order chi connectivity index (χ0) is 14.4. The third kappa shape index (κ3) is 4.13. The summed E-state index contributed by atoms with van der Waals surface area (Å²) in [6.07, 6.45) is 2.26. The molecule has 2 amide bonds. The first-order valence-corrected chi connectivity index (χ1v) is 6.40. The van der Waals surface area contributed by atoms with Gasteiger partial charge in [-0.05, 0) is 36.4 Å². The minimum atomic E-state index is -0.395. The topological polar surface area (TPSA) is 71.3 Å². The predicted molar refractivity (Wildman–Crippen MR) is 74.1 cm³/mol. The van der Waals surface area contributed by atoms with E-state index in [0.29, 0.717) is 17.0 Å². The molecule has 0 saturated carbocycles. The number of aryl methyl sites for hydroxylation is 1. The Morgan fingerprint density at radius 3 is 2.50 bits per heavy atom. The van der Waals surface area contributed by atoms with E-state index in [1.165, 1.54) is 0 Å². The second kappa shape index (κ2) is 6.77. The number of hydrazine groups is 1. The molecule has 0 spiro atoms. The Labute approximate surface area is 120 Å². The molecule has 5 nitrogen and oxygen atoms in total. The average Bonchev–Trinajstić information content (AvgIpc) is 2.96. The molecule has 1 aromatic carbocycles. The van der Waals surface area contributed by atoms with E-state index in [2.05, 4.69) is 10.9 Å². The molecule has 0 radical (unpaired) electrons. The first kappa shape index (κ1) is 14.1. The Balaban J connectivity index is 1.75. The number of amides is 2. The number of nitrogens with one attached hydrogen (secondary N) is 2. The van der Waals surface area contributed by atoms with Crippen LogP contribution >= 0.6 is 11.6 Å². The molecule has 1 heterocycles. The van der Waals surface area contributed by atoms with Crippen LogP contribution in [0.2, 0.25) is 5.02 Å². The summed E-state index contributed by atoms with van der Waals surface area (Å²) in [6, 6.07) is 9.92. The van der Waals surface area contributed by atoms with Gasteiger partial charge >= 0.3 is 0 Å². The zero-order valence-electron chi connectivity index (χ0n) is 10.6. The fraction of sp³-hybridized carbons (Fsp3) is 0.143. The maximum atomic E-state index is 11.7. The van der Waals surface area contributed by atoms with Crippen LogP contribution in [0.4, 0.5) is 0 Å². The second-order valence-corrected chi connectivity index (χ2v) is 4.52. The van der Waals surface area contributed by atoms with Crippen molar-refractivity contribution in [3.63, 3.8) is 0 Å². The van der Waals surface area contributed by atoms with Crippen LogP contribution in [-0.2, 0) is 11.2 Å². The highest BCUT2D eigenvalue weighted by atomic mass is 35.5. The Bertz CT molecular complexity index is 579. The highest BCUT2D eigenvalue weighted by Gasteiger charge is 2.08. The summed E-state index contributed by atoms with van der Waals surface area (Å²) in [6.45, 7) is 0. The van der Waals surface area contributed by atoms with Gasteiger partial charge in [0, 0.05) is 23.4 Å². The summed E-state index contributed by atoms with van der Waals surface area (Å²) in [5.41, 5.74) is 5.10. The lowest BCUT2D eigenvalue weighted by Gasteiger charge is -2.06. The molecular formula is C14H13ClN2O3. The van der Waals surface area contributed by atoms with Crippen molar-refractivity contribution in [1.82, 2.24) is 10.9 Å². The third-order valence-corrected chi connectivity index (χ3v) is 2.85. The minimum Gasteiger partial charge on any atom is -0.469 e. The van der Waals surface area contributed by atoms with Gasteiger partial charge in [0.1, 0.15) is 5.76 Å². The van der Waals surface area contributed by atoms with Crippen LogP contribution in [0.25, 0.3) is 0 Å². The molecule has 2 rings (SSSR count). The molecule has 0 fully saturated rings. The van der Waals surface area contributed by atoms with Gasteiger partial charge in [-0.1, -0.05) is 11.6 Å². The molecule has 104 valence electrons. The van der Waals surface area contributed by atoms with Crippen LogP contribution in [0.5, 0.6) is 0 Å². The van der Waals surface area contributed by atoms with Crippen LogP contribution in [0.3, 0.4) is 0 Å². The van der Waals surface area contributed by atoms with Crippen molar-refractivity contribution in [3.8, 4) is 0 Å². The first-order valence-electron chi connectivity index (χ1n) is 6.02. The number of rotatable bonds is 4. The Morgan fingerprint density at radius 1 is 1.10 bits per heavy atom. The number of benzene rings is 1. The third-order valence-electron chi connectivity index (χ3n) is 2.60. The molecular weight excluding hydrogens is 280 g/mol. The lowest BCUT2D eigenvalue weighted by atomic mass is 10.2. The maximum absolute atomic E-state index is 11.7. The Hall–Kier alpha value is -2.27. The van der Waals surface area contributed by atoms with Crippen LogP contribution in [0.15, 0.2) is 47.1 Å². The van der Waals surface area contributed by atoms with E-state index in [9.17, 15) is 9.59 Å². The number of hydrogen-bond acceptors (Lipinski definition) is 3. The van der Waals surface area contributed by atoms with Crippen molar-refractivity contribution < 1.29 is 14.0 Å². The van der Waals surface area contributed by atoms with Crippen molar-refractivity contribution in [3.05, 3.63) is 59.0 Å². The monoisotopic (exact) mass is 292 g/mol. The smallest absolute Gasteiger partial charge is 0.269 e. The predicted octanol–water partition coefficient (Wildman–Crippen LogP) is 2.33. The van der Waals surface area contributed by atoms with E-state index >= 15 is 0 Å². The van der Waals surface area contributed by atoms with Gasteiger partial charge in [0.05, 0.1) is 6.26 Å². The average molecular weight is 293 g/mol. The summed E-state index contributed by atoms with van der Waals surface area (Å²) in [5, 5.41) is 0.545. The Kier molecular flexibility index (Phi) is 4.79. The van der Waals surface area contributed by atoms with Gasteiger partial charge in [0.15, 0.2) is 0 Å². The number of carbonyl (C=O) groups is 2. The van der Waals surface area contributed by atoms with E-state index in [-0.39, 0.29) is 12.3 Å². The maximum Gasteiger partial charge on any atom is 0.269 e. The lowest BCUT2D eigenvalue weighted by molar-refractivity contribution is -0.121. The molecule has 2 aromatic rings. The highest BCUT2D eigenvalue weighted by Crippen LogP contribution is 2.09. The fourth-order valence-electron chi connectivity index (χ4n) is 1.55. The largest absolute Gasteiger partial charge is 0.469 e. The summed E-state index contributed by atoms with van der Waals surface area (Å²) in [7, 11) is 0. The van der Waals surface area contributed by atoms with Crippen LogP contribution < -0.4 is 10.9 Å². The van der Waals surface area contributed by atoms with Crippen LogP contribution in [-0.4, -0.2) is 11.8 Å². The van der Waals surface area contributed by atoms with E-state index < -0.39 is 5.91 Å². The van der Waals surface area contributed by atoms with Gasteiger partial charge in [-0.3, -0.25) is 20.4 Å². The van der Waals surface area contributed by atoms with E-state index in [1.54, 1.807) is 42.7 Å². The highest BCUT2D eigenvalue weighted by molar-refractivity contribution is 6.30. The normalized spacial score (nSPS) is 10.1. The van der Waals surface area contributed by atoms with Crippen molar-refractivity contribution >= 4 is 23.4 Å². The van der Waals surface area contributed by atoms with Crippen molar-refractivity contribution in [2.24, 2.45) is 0 Å². The standard InChI is InChI=1S/C14H13ClN2O3/c15-11-5-3-10(4-6-11)14(19)17-16-13(18)8-7-12-2-1-9-20-12/h1-6,9H,7-8H2,(H,16,18)(H,17,19). The number of hydrogen-bond donors (Lipinski definition) is 2. The van der Waals surface area contributed by atoms with E-state index in [4.69, 9.17) is 16.0 Å². The number of furan rings is 1. The summed E-state index contributed by atoms with van der Waals surface area (Å²) in [4.78, 5) is 23.2. The molecule has 0 unspecified atom stereocenters. The summed E-state index contributed by atoms with van der Waals surface area (Å²) in [5.74, 6) is 0.0425. The fourth-order valence-corrected chi connectivity index (χ4v) is 1.68. The molecule has 0 bridgehead atoms. The van der Waals surface area contributed by atoms with Gasteiger partial charge in [0.2, 0.25) is 5.91 Å². The van der Waals surface area contributed by atoms with Crippen molar-refractivity contribution in [2.75, 3.05) is 0 Å². The molecule has 0 atom stereocenters. The van der Waals surface area contributed by atoms with Crippen LogP contribution in [0.1, 0.15) is 22.5 Å². The molecule has 0 aliphatic carbocycles. The summed E-state index contributed by atoms with van der Waals surface area (Å²) < 4.78 is 5.11. The SMILES string of the molecule is O=C(CCc1ccco1)NNC(=O)c1ccc(Cl)cc1. The molecule has 1 aromatic heterocycles. The Morgan fingerprint density at radius 2 is 1.85 bits per heavy atom. The number of halogens is 1. The van der Waals surface area contributed by atoms with Crippen molar-refractivity contribution in [2.45, 2.75) is 12.8 Å². The summed E-state index contributed by atoms with van der Waals surface area (Å²) >= 11 is 5.72. The second-order valence-electron chi connectivity index (χ2n) is 4.09. The van der Waals surface area contributed by atoms with E-state index in [1.807, 2.05) is 0 Å². The molecule has 20 heavy (non-hydrogen) atoms. The lowest BCUT2D eigenvalue weighted by Crippen LogP contribution is -2.41. The molecule has 6 heteroatoms. The van der Waals surface area contributed by atoms with Crippen LogP contribution in [0, 0.1) is 0 Å². The minimum absolute atomic E-state index is 0.231. The molecule has 0 aliphatic heterocycles. The first-order chi connectivity index (χ1) is 9.65. The van der Waals surface area contributed by atoms with Gasteiger partial charge in [-0.15, -0.1) is 0 Å². The van der Waals surface area contributed by atoms with Gasteiger partial charge in [-0.25, -0.2) is 0 Å². The van der Waals surface area contributed by atoms with Gasteiger partial charge < -0.3 is 4.42 Å². The number of carbonyl (C=O) groups excluding carboxylic acids is 2. The van der Waals surface area contributed by atoms with E-state index in [0.717, 1.165) is 5.76 Å². The quantitative estimate of drug-likeness (QED) is 0.850. The van der Waals surface area contributed by atoms with Gasteiger partial charge in [0.25, 0.3) is 5.91 Å². The molecule has 0 aliphatic rings. The van der Waals surface area contributed by atoms with Crippen molar-refractivity contribution in [1.29, 1.82) is 0 Å². The molecule has 2 N–H and O–H groups in total. The molecule has 0 saturated heterocycles. The zero-order valence-corrected chi connectivity index (χ0v) is 11.3. The van der Waals surface area contributed by atoms with Gasteiger partial charge in [-0.2, -0.15) is 0 Å².